The topological polar surface area (TPSA) is 65.0 Å². The number of carbonyl (C=O) groups excluding carboxylic acids is 1. The van der Waals surface area contributed by atoms with E-state index < -0.39 is 5.97 Å². The highest BCUT2D eigenvalue weighted by atomic mass is 16.5. The van der Waals surface area contributed by atoms with E-state index in [0.717, 1.165) is 11.1 Å². The number of hydrogen-bond donors (Lipinski definition) is 1. The number of esters is 1. The molecule has 0 atom stereocenters. The Labute approximate surface area is 145 Å². The summed E-state index contributed by atoms with van der Waals surface area (Å²) in [5.74, 6) is 1.03. The number of ether oxygens (including phenoxy) is 3. The van der Waals surface area contributed by atoms with Crippen LogP contribution in [0.3, 0.4) is 0 Å². The van der Waals surface area contributed by atoms with Crippen LogP contribution in [0.25, 0.3) is 11.8 Å². The van der Waals surface area contributed by atoms with Gasteiger partial charge in [0, 0.05) is 0 Å². The molecule has 1 heterocycles. The standard InChI is InChI=1S/C20H18O5/c1-12-4-6-15(17(8-12)23-2)18-11-14(20(22)25-18)9-13-5-7-16(21)19(10-13)24-3/h4-11,21H,1-3H3/b14-9-. The summed E-state index contributed by atoms with van der Waals surface area (Å²) in [6.07, 6.45) is 3.35. The van der Waals surface area contributed by atoms with Crippen molar-refractivity contribution in [2.45, 2.75) is 6.92 Å². The van der Waals surface area contributed by atoms with Crippen molar-refractivity contribution in [1.29, 1.82) is 0 Å². The predicted octanol–water partition coefficient (Wildman–Crippen LogP) is 3.70. The molecule has 128 valence electrons. The fraction of sp³-hybridized carbons (Fsp3) is 0.150. The molecule has 0 spiro atoms. The van der Waals surface area contributed by atoms with Crippen LogP contribution in [0.1, 0.15) is 16.7 Å². The Hall–Kier alpha value is -3.21. The van der Waals surface area contributed by atoms with Crippen molar-refractivity contribution >= 4 is 17.8 Å². The van der Waals surface area contributed by atoms with Crippen molar-refractivity contribution in [1.82, 2.24) is 0 Å². The molecule has 0 fully saturated rings. The molecule has 0 saturated heterocycles. The minimum absolute atomic E-state index is 0.0410. The van der Waals surface area contributed by atoms with E-state index in [1.165, 1.54) is 13.2 Å². The largest absolute Gasteiger partial charge is 0.504 e. The van der Waals surface area contributed by atoms with Crippen LogP contribution in [0.5, 0.6) is 17.2 Å². The van der Waals surface area contributed by atoms with Gasteiger partial charge in [-0.3, -0.25) is 0 Å². The lowest BCUT2D eigenvalue weighted by Crippen LogP contribution is -1.98. The van der Waals surface area contributed by atoms with Gasteiger partial charge in [0.1, 0.15) is 11.5 Å². The van der Waals surface area contributed by atoms with Crippen LogP contribution in [-0.2, 0) is 9.53 Å². The maximum atomic E-state index is 12.2. The van der Waals surface area contributed by atoms with Gasteiger partial charge < -0.3 is 19.3 Å². The summed E-state index contributed by atoms with van der Waals surface area (Å²) in [6, 6.07) is 10.5. The van der Waals surface area contributed by atoms with Gasteiger partial charge in [0.05, 0.1) is 25.4 Å². The molecular weight excluding hydrogens is 320 g/mol. The van der Waals surface area contributed by atoms with Gasteiger partial charge in [0.25, 0.3) is 0 Å². The average molecular weight is 338 g/mol. The molecule has 0 aliphatic carbocycles. The molecule has 0 amide bonds. The number of hydrogen-bond acceptors (Lipinski definition) is 5. The van der Waals surface area contributed by atoms with Gasteiger partial charge in [-0.1, -0.05) is 12.1 Å². The van der Waals surface area contributed by atoms with Gasteiger partial charge in [0.2, 0.25) is 0 Å². The van der Waals surface area contributed by atoms with Crippen LogP contribution >= 0.6 is 0 Å². The molecule has 0 bridgehead atoms. The number of phenols is 1. The second kappa shape index (κ2) is 6.73. The maximum absolute atomic E-state index is 12.2. The van der Waals surface area contributed by atoms with Crippen LogP contribution in [0.15, 0.2) is 48.0 Å². The van der Waals surface area contributed by atoms with Gasteiger partial charge in [-0.15, -0.1) is 0 Å². The Kier molecular flexibility index (Phi) is 4.48. The number of methoxy groups -OCH3 is 2. The molecule has 1 N–H and O–H groups in total. The number of phenolic OH excluding ortho intramolecular Hbond substituents is 1. The van der Waals surface area contributed by atoms with Crippen molar-refractivity contribution in [2.24, 2.45) is 0 Å². The lowest BCUT2D eigenvalue weighted by atomic mass is 10.1. The fourth-order valence-corrected chi connectivity index (χ4v) is 2.59. The molecule has 0 unspecified atom stereocenters. The summed E-state index contributed by atoms with van der Waals surface area (Å²) in [6.45, 7) is 1.96. The lowest BCUT2D eigenvalue weighted by Gasteiger charge is -2.09. The highest BCUT2D eigenvalue weighted by Crippen LogP contribution is 2.34. The highest BCUT2D eigenvalue weighted by molar-refractivity contribution is 6.05. The van der Waals surface area contributed by atoms with Crippen LogP contribution < -0.4 is 9.47 Å². The molecule has 0 saturated carbocycles. The zero-order valence-electron chi connectivity index (χ0n) is 14.2. The summed E-state index contributed by atoms with van der Waals surface area (Å²) < 4.78 is 15.8. The first kappa shape index (κ1) is 16.6. The molecule has 5 nitrogen and oxygen atoms in total. The van der Waals surface area contributed by atoms with Gasteiger partial charge in [-0.05, 0) is 54.5 Å². The first-order chi connectivity index (χ1) is 12.0. The number of aromatic hydroxyl groups is 1. The van der Waals surface area contributed by atoms with Crippen LogP contribution in [-0.4, -0.2) is 25.3 Å². The van der Waals surface area contributed by atoms with Crippen molar-refractivity contribution < 1.29 is 24.1 Å². The summed E-state index contributed by atoms with van der Waals surface area (Å²) in [5.41, 5.74) is 2.89. The first-order valence-electron chi connectivity index (χ1n) is 7.69. The van der Waals surface area contributed by atoms with Crippen LogP contribution in [0.4, 0.5) is 0 Å². The zero-order chi connectivity index (χ0) is 18.0. The van der Waals surface area contributed by atoms with Gasteiger partial charge in [-0.2, -0.15) is 0 Å². The van der Waals surface area contributed by atoms with E-state index in [0.29, 0.717) is 28.4 Å². The smallest absolute Gasteiger partial charge is 0.343 e. The first-order valence-corrected chi connectivity index (χ1v) is 7.69. The molecule has 0 radical (unpaired) electrons. The summed E-state index contributed by atoms with van der Waals surface area (Å²) in [7, 11) is 3.05. The van der Waals surface area contributed by atoms with Crippen LogP contribution in [0.2, 0.25) is 0 Å². The predicted molar refractivity (Wildman–Crippen MR) is 94.4 cm³/mol. The fourth-order valence-electron chi connectivity index (χ4n) is 2.59. The Morgan fingerprint density at radius 1 is 1.04 bits per heavy atom. The van der Waals surface area contributed by atoms with E-state index in [-0.39, 0.29) is 5.75 Å². The number of rotatable bonds is 4. The Balaban J connectivity index is 1.98. The highest BCUT2D eigenvalue weighted by Gasteiger charge is 2.24. The second-order valence-electron chi connectivity index (χ2n) is 5.63. The number of aryl methyl sites for hydroxylation is 1. The van der Waals surface area contributed by atoms with E-state index >= 15 is 0 Å². The van der Waals surface area contributed by atoms with E-state index in [4.69, 9.17) is 14.2 Å². The molecular formula is C20H18O5. The molecule has 2 aromatic rings. The average Bonchev–Trinajstić information content (AvgIpc) is 2.96. The molecule has 0 aromatic heterocycles. The normalized spacial score (nSPS) is 15.1. The minimum atomic E-state index is -0.440. The van der Waals surface area contributed by atoms with E-state index in [2.05, 4.69) is 0 Å². The Morgan fingerprint density at radius 2 is 1.80 bits per heavy atom. The third kappa shape index (κ3) is 3.35. The second-order valence-corrected chi connectivity index (χ2v) is 5.63. The van der Waals surface area contributed by atoms with Gasteiger partial charge in [-0.25, -0.2) is 4.79 Å². The van der Waals surface area contributed by atoms with Crippen molar-refractivity contribution in [3.05, 3.63) is 64.7 Å². The van der Waals surface area contributed by atoms with Crippen LogP contribution in [0, 0.1) is 6.92 Å². The molecule has 5 heteroatoms. The van der Waals surface area contributed by atoms with Crippen molar-refractivity contribution in [3.8, 4) is 17.2 Å². The Morgan fingerprint density at radius 3 is 2.52 bits per heavy atom. The maximum Gasteiger partial charge on any atom is 0.343 e. The van der Waals surface area contributed by atoms with Gasteiger partial charge >= 0.3 is 5.97 Å². The minimum Gasteiger partial charge on any atom is -0.504 e. The molecule has 3 rings (SSSR count). The molecule has 1 aliphatic rings. The SMILES string of the molecule is COc1cc(/C=C2/C=C(c3ccc(C)cc3OC)OC2=O)ccc1O. The quantitative estimate of drug-likeness (QED) is 0.680. The number of carbonyl (C=O) groups is 1. The summed E-state index contributed by atoms with van der Waals surface area (Å²) in [4.78, 5) is 12.2. The summed E-state index contributed by atoms with van der Waals surface area (Å²) in [5, 5.41) is 9.66. The van der Waals surface area contributed by atoms with Gasteiger partial charge in [0.15, 0.2) is 11.5 Å². The zero-order valence-corrected chi connectivity index (χ0v) is 14.2. The van der Waals surface area contributed by atoms with Crippen molar-refractivity contribution in [3.63, 3.8) is 0 Å². The molecule has 25 heavy (non-hydrogen) atoms. The van der Waals surface area contributed by atoms with E-state index in [9.17, 15) is 9.90 Å². The monoisotopic (exact) mass is 338 g/mol. The van der Waals surface area contributed by atoms with Crippen molar-refractivity contribution in [2.75, 3.05) is 14.2 Å². The molecule has 2 aromatic carbocycles. The third-order valence-corrected chi connectivity index (χ3v) is 3.87. The summed E-state index contributed by atoms with van der Waals surface area (Å²) >= 11 is 0. The third-order valence-electron chi connectivity index (χ3n) is 3.87. The molecule has 1 aliphatic heterocycles. The lowest BCUT2D eigenvalue weighted by molar-refractivity contribution is -0.130. The van der Waals surface area contributed by atoms with E-state index in [1.54, 1.807) is 31.4 Å². The van der Waals surface area contributed by atoms with E-state index in [1.807, 2.05) is 25.1 Å². The number of benzene rings is 2. The number of cyclic esters (lactones) is 1. The Bertz CT molecular complexity index is 893.